The molecule has 0 radical (unpaired) electrons. The number of hydrogen-bond donors (Lipinski definition) is 1. The second-order valence-corrected chi connectivity index (χ2v) is 4.07. The number of carbonyl (C=O) groups is 1. The van der Waals surface area contributed by atoms with Crippen molar-refractivity contribution in [1.29, 1.82) is 0 Å². The fraction of sp³-hybridized carbons (Fsp3) is 0.286. The zero-order chi connectivity index (χ0) is 13.1. The van der Waals surface area contributed by atoms with Gasteiger partial charge in [-0.2, -0.15) is 0 Å². The number of rotatable bonds is 3. The minimum atomic E-state index is -0.00952. The van der Waals surface area contributed by atoms with Crippen molar-refractivity contribution < 1.29 is 9.53 Å². The maximum Gasteiger partial charge on any atom is 0.224 e. The average Bonchev–Trinajstić information content (AvgIpc) is 2.37. The first-order valence-corrected chi connectivity index (χ1v) is 5.90. The molecule has 0 bridgehead atoms. The minimum Gasteiger partial charge on any atom is -0.494 e. The molecule has 94 valence electrons. The van der Waals surface area contributed by atoms with Crippen molar-refractivity contribution in [2.24, 2.45) is 0 Å². The van der Waals surface area contributed by atoms with Crippen LogP contribution in [-0.4, -0.2) is 18.0 Å². The van der Waals surface area contributed by atoms with Crippen molar-refractivity contribution in [2.45, 2.75) is 20.3 Å². The molecule has 18 heavy (non-hydrogen) atoms. The van der Waals surface area contributed by atoms with Gasteiger partial charge in [0, 0.05) is 17.5 Å². The van der Waals surface area contributed by atoms with Gasteiger partial charge >= 0.3 is 0 Å². The second kappa shape index (κ2) is 5.04. The number of benzene rings is 1. The van der Waals surface area contributed by atoms with Crippen molar-refractivity contribution >= 4 is 22.5 Å². The Morgan fingerprint density at radius 2 is 2.22 bits per heavy atom. The van der Waals surface area contributed by atoms with Crippen molar-refractivity contribution in [3.63, 3.8) is 0 Å². The van der Waals surface area contributed by atoms with Gasteiger partial charge in [-0.1, -0.05) is 19.1 Å². The summed E-state index contributed by atoms with van der Waals surface area (Å²) in [6.07, 6.45) is 0.451. The summed E-state index contributed by atoms with van der Waals surface area (Å²) in [5.41, 5.74) is 2.40. The van der Waals surface area contributed by atoms with Gasteiger partial charge in [-0.05, 0) is 19.1 Å². The van der Waals surface area contributed by atoms with E-state index in [-0.39, 0.29) is 5.91 Å². The summed E-state index contributed by atoms with van der Waals surface area (Å²) in [4.78, 5) is 16.0. The second-order valence-electron chi connectivity index (χ2n) is 4.07. The Kier molecular flexibility index (Phi) is 3.46. The first-order valence-electron chi connectivity index (χ1n) is 5.90. The zero-order valence-electron chi connectivity index (χ0n) is 10.8. The quantitative estimate of drug-likeness (QED) is 0.903. The van der Waals surface area contributed by atoms with Crippen LogP contribution in [0.2, 0.25) is 0 Å². The van der Waals surface area contributed by atoms with Crippen molar-refractivity contribution in [3.05, 3.63) is 30.0 Å². The molecule has 1 amide bonds. The van der Waals surface area contributed by atoms with Gasteiger partial charge in [0.25, 0.3) is 0 Å². The van der Waals surface area contributed by atoms with E-state index in [1.807, 2.05) is 38.1 Å². The van der Waals surface area contributed by atoms with E-state index < -0.39 is 0 Å². The summed E-state index contributed by atoms with van der Waals surface area (Å²) in [5.74, 6) is 0.702. The maximum atomic E-state index is 11.5. The average molecular weight is 244 g/mol. The van der Waals surface area contributed by atoms with Crippen LogP contribution in [0, 0.1) is 6.92 Å². The third kappa shape index (κ3) is 2.27. The van der Waals surface area contributed by atoms with Crippen LogP contribution in [0.3, 0.4) is 0 Å². The van der Waals surface area contributed by atoms with Crippen LogP contribution in [0.1, 0.15) is 19.0 Å². The first-order chi connectivity index (χ1) is 8.65. The Morgan fingerprint density at radius 1 is 1.44 bits per heavy atom. The lowest BCUT2D eigenvalue weighted by atomic mass is 10.1. The van der Waals surface area contributed by atoms with E-state index in [1.54, 1.807) is 7.11 Å². The lowest BCUT2D eigenvalue weighted by Gasteiger charge is -2.11. The molecule has 0 spiro atoms. The third-order valence-corrected chi connectivity index (χ3v) is 2.75. The van der Waals surface area contributed by atoms with Crippen LogP contribution in [0.5, 0.6) is 5.75 Å². The number of ether oxygens (including phenoxy) is 1. The highest BCUT2D eigenvalue weighted by Gasteiger charge is 2.09. The zero-order valence-corrected chi connectivity index (χ0v) is 10.8. The molecule has 2 aromatic rings. The van der Waals surface area contributed by atoms with E-state index in [2.05, 4.69) is 10.3 Å². The smallest absolute Gasteiger partial charge is 0.224 e. The van der Waals surface area contributed by atoms with Crippen LogP contribution in [-0.2, 0) is 4.79 Å². The lowest BCUT2D eigenvalue weighted by Crippen LogP contribution is -2.10. The molecule has 0 aliphatic carbocycles. The SMILES string of the molecule is CCC(=O)Nc1cc(C)nc2c(OC)cccc12. The number of amides is 1. The van der Waals surface area contributed by atoms with Gasteiger partial charge in [0.1, 0.15) is 11.3 Å². The predicted octanol–water partition coefficient (Wildman–Crippen LogP) is 2.90. The molecule has 1 N–H and O–H groups in total. The predicted molar refractivity (Wildman–Crippen MR) is 72.0 cm³/mol. The molecule has 0 aliphatic rings. The highest BCUT2D eigenvalue weighted by Crippen LogP contribution is 2.29. The summed E-state index contributed by atoms with van der Waals surface area (Å²) in [5, 5.41) is 3.78. The maximum absolute atomic E-state index is 11.5. The highest BCUT2D eigenvalue weighted by molar-refractivity contribution is 6.02. The van der Waals surface area contributed by atoms with Gasteiger partial charge in [-0.15, -0.1) is 0 Å². The number of para-hydroxylation sites is 1. The molecule has 1 aromatic heterocycles. The number of pyridine rings is 1. The molecule has 1 aromatic carbocycles. The number of methoxy groups -OCH3 is 1. The molecule has 0 saturated heterocycles. The third-order valence-electron chi connectivity index (χ3n) is 2.75. The largest absolute Gasteiger partial charge is 0.494 e. The van der Waals surface area contributed by atoms with Crippen molar-refractivity contribution in [3.8, 4) is 5.75 Å². The number of aryl methyl sites for hydroxylation is 1. The van der Waals surface area contributed by atoms with Crippen molar-refractivity contribution in [1.82, 2.24) is 4.98 Å². The molecule has 2 rings (SSSR count). The molecule has 1 heterocycles. The Bertz CT molecular complexity index is 594. The number of hydrogen-bond acceptors (Lipinski definition) is 3. The van der Waals surface area contributed by atoms with E-state index >= 15 is 0 Å². The number of nitrogens with one attached hydrogen (secondary N) is 1. The Balaban J connectivity index is 2.62. The van der Waals surface area contributed by atoms with E-state index in [1.165, 1.54) is 0 Å². The molecule has 0 aliphatic heterocycles. The molecule has 4 heteroatoms. The number of anilines is 1. The minimum absolute atomic E-state index is 0.00952. The highest BCUT2D eigenvalue weighted by atomic mass is 16.5. The van der Waals surface area contributed by atoms with E-state index in [9.17, 15) is 4.79 Å². The molecule has 0 unspecified atom stereocenters. The van der Waals surface area contributed by atoms with Gasteiger partial charge < -0.3 is 10.1 Å². The standard InChI is InChI=1S/C14H16N2O2/c1-4-13(17)16-11-8-9(2)15-14-10(11)6-5-7-12(14)18-3/h5-8H,4H2,1-3H3,(H,15,16,17). The Morgan fingerprint density at radius 3 is 2.89 bits per heavy atom. The van der Waals surface area contributed by atoms with E-state index in [0.717, 1.165) is 22.3 Å². The molecular weight excluding hydrogens is 228 g/mol. The number of fused-ring (bicyclic) bond motifs is 1. The summed E-state index contributed by atoms with van der Waals surface area (Å²) >= 11 is 0. The van der Waals surface area contributed by atoms with Crippen LogP contribution >= 0.6 is 0 Å². The number of aromatic nitrogens is 1. The summed E-state index contributed by atoms with van der Waals surface area (Å²) in [6.45, 7) is 3.72. The normalized spacial score (nSPS) is 10.4. The Hall–Kier alpha value is -2.10. The van der Waals surface area contributed by atoms with E-state index in [0.29, 0.717) is 12.2 Å². The monoisotopic (exact) mass is 244 g/mol. The first kappa shape index (κ1) is 12.4. The van der Waals surface area contributed by atoms with Gasteiger partial charge in [0.2, 0.25) is 5.91 Å². The number of nitrogens with zero attached hydrogens (tertiary/aromatic N) is 1. The fourth-order valence-electron chi connectivity index (χ4n) is 1.86. The van der Waals surface area contributed by atoms with Crippen LogP contribution in [0.25, 0.3) is 10.9 Å². The molecular formula is C14H16N2O2. The molecule has 0 fully saturated rings. The Labute approximate surface area is 106 Å². The summed E-state index contributed by atoms with van der Waals surface area (Å²) in [7, 11) is 1.61. The number of carbonyl (C=O) groups excluding carboxylic acids is 1. The molecule has 0 saturated carbocycles. The van der Waals surface area contributed by atoms with E-state index in [4.69, 9.17) is 4.74 Å². The topological polar surface area (TPSA) is 51.2 Å². The lowest BCUT2D eigenvalue weighted by molar-refractivity contribution is -0.115. The molecule has 0 atom stereocenters. The van der Waals surface area contributed by atoms with Gasteiger partial charge in [0.05, 0.1) is 12.8 Å². The van der Waals surface area contributed by atoms with Crippen molar-refractivity contribution in [2.75, 3.05) is 12.4 Å². The molecule has 4 nitrogen and oxygen atoms in total. The summed E-state index contributed by atoms with van der Waals surface area (Å²) < 4.78 is 5.29. The van der Waals surface area contributed by atoms with Gasteiger partial charge in [-0.3, -0.25) is 4.79 Å². The van der Waals surface area contributed by atoms with Gasteiger partial charge in [-0.25, -0.2) is 4.98 Å². The van der Waals surface area contributed by atoms with Crippen LogP contribution in [0.15, 0.2) is 24.3 Å². The van der Waals surface area contributed by atoms with Crippen LogP contribution < -0.4 is 10.1 Å². The summed E-state index contributed by atoms with van der Waals surface area (Å²) in [6, 6.07) is 7.55. The fourth-order valence-corrected chi connectivity index (χ4v) is 1.86. The van der Waals surface area contributed by atoms with Crippen LogP contribution in [0.4, 0.5) is 5.69 Å². The van der Waals surface area contributed by atoms with Gasteiger partial charge in [0.15, 0.2) is 0 Å².